The van der Waals surface area contributed by atoms with Gasteiger partial charge in [-0.1, -0.05) is 6.07 Å². The Balaban J connectivity index is 2.76. The predicted octanol–water partition coefficient (Wildman–Crippen LogP) is 1.02. The van der Waals surface area contributed by atoms with Crippen LogP contribution in [0.1, 0.15) is 17.1 Å². The topological polar surface area (TPSA) is 67.1 Å². The summed E-state index contributed by atoms with van der Waals surface area (Å²) in [7, 11) is 0. The van der Waals surface area contributed by atoms with Crippen LogP contribution in [0.3, 0.4) is 0 Å². The highest BCUT2D eigenvalue weighted by molar-refractivity contribution is 5.63. The van der Waals surface area contributed by atoms with E-state index in [4.69, 9.17) is 11.0 Å². The molecule has 76 valence electrons. The second-order valence-electron chi connectivity index (χ2n) is 3.44. The summed E-state index contributed by atoms with van der Waals surface area (Å²) in [5, 5.41) is 8.98. The van der Waals surface area contributed by atoms with E-state index >= 15 is 0 Å². The number of nitriles is 1. The molecule has 4 heteroatoms. The molecule has 0 saturated carbocycles. The number of aryl methyl sites for hydroxylation is 1. The molecule has 0 aromatic carbocycles. The SMILES string of the molecule is Cc1cccn2c(CCN)nc(C#N)c12. The van der Waals surface area contributed by atoms with Crippen LogP contribution in [0, 0.1) is 18.3 Å². The van der Waals surface area contributed by atoms with Gasteiger partial charge in [0.15, 0.2) is 5.69 Å². The van der Waals surface area contributed by atoms with E-state index in [-0.39, 0.29) is 0 Å². The van der Waals surface area contributed by atoms with Crippen molar-refractivity contribution in [2.45, 2.75) is 13.3 Å². The molecule has 0 atom stereocenters. The fraction of sp³-hybridized carbons (Fsp3) is 0.273. The van der Waals surface area contributed by atoms with Crippen molar-refractivity contribution in [3.05, 3.63) is 35.4 Å². The summed E-state index contributed by atoms with van der Waals surface area (Å²) in [5.41, 5.74) is 7.94. The van der Waals surface area contributed by atoms with Gasteiger partial charge in [0.05, 0.1) is 5.52 Å². The minimum atomic E-state index is 0.483. The predicted molar refractivity (Wildman–Crippen MR) is 57.4 cm³/mol. The zero-order valence-electron chi connectivity index (χ0n) is 8.57. The van der Waals surface area contributed by atoms with Gasteiger partial charge in [-0.2, -0.15) is 5.26 Å². The lowest BCUT2D eigenvalue weighted by atomic mass is 10.2. The number of pyridine rings is 1. The molecule has 0 spiro atoms. The standard InChI is InChI=1S/C11H12N4/c1-8-3-2-6-15-10(4-5-12)14-9(7-13)11(8)15/h2-3,6H,4-5,12H2,1H3. The lowest BCUT2D eigenvalue weighted by Gasteiger charge is -2.00. The first-order valence-electron chi connectivity index (χ1n) is 4.84. The molecule has 0 saturated heterocycles. The number of imidazole rings is 1. The second kappa shape index (κ2) is 3.71. The Kier molecular flexibility index (Phi) is 2.40. The van der Waals surface area contributed by atoms with Crippen molar-refractivity contribution in [2.75, 3.05) is 6.54 Å². The summed E-state index contributed by atoms with van der Waals surface area (Å²) in [6.45, 7) is 2.52. The fourth-order valence-corrected chi connectivity index (χ4v) is 1.75. The maximum absolute atomic E-state index is 8.98. The minimum Gasteiger partial charge on any atom is -0.330 e. The first-order valence-corrected chi connectivity index (χ1v) is 4.84. The summed E-state index contributed by atoms with van der Waals surface area (Å²) >= 11 is 0. The molecule has 2 N–H and O–H groups in total. The van der Waals surface area contributed by atoms with Crippen molar-refractivity contribution >= 4 is 5.52 Å². The smallest absolute Gasteiger partial charge is 0.166 e. The Morgan fingerprint density at radius 2 is 2.40 bits per heavy atom. The van der Waals surface area contributed by atoms with Gasteiger partial charge in [0.1, 0.15) is 11.9 Å². The number of aromatic nitrogens is 2. The van der Waals surface area contributed by atoms with Gasteiger partial charge in [-0.3, -0.25) is 0 Å². The molecule has 2 rings (SSSR count). The molecule has 0 aliphatic carbocycles. The molecular formula is C11H12N4. The normalized spacial score (nSPS) is 10.5. The van der Waals surface area contributed by atoms with E-state index in [0.29, 0.717) is 18.7 Å². The van der Waals surface area contributed by atoms with Crippen molar-refractivity contribution in [3.8, 4) is 6.07 Å². The largest absolute Gasteiger partial charge is 0.330 e. The third-order valence-corrected chi connectivity index (χ3v) is 2.41. The highest BCUT2D eigenvalue weighted by Crippen LogP contribution is 2.16. The Morgan fingerprint density at radius 1 is 1.60 bits per heavy atom. The molecule has 0 amide bonds. The molecule has 2 aromatic rings. The van der Waals surface area contributed by atoms with Crippen molar-refractivity contribution < 1.29 is 0 Å². The van der Waals surface area contributed by atoms with Crippen LogP contribution in [-0.2, 0) is 6.42 Å². The number of fused-ring (bicyclic) bond motifs is 1. The molecule has 0 fully saturated rings. The van der Waals surface area contributed by atoms with E-state index in [1.54, 1.807) is 0 Å². The van der Waals surface area contributed by atoms with E-state index < -0.39 is 0 Å². The molecular weight excluding hydrogens is 188 g/mol. The minimum absolute atomic E-state index is 0.483. The summed E-state index contributed by atoms with van der Waals surface area (Å²) in [5.74, 6) is 0.854. The lowest BCUT2D eigenvalue weighted by Crippen LogP contribution is -2.06. The Hall–Kier alpha value is -1.86. The highest BCUT2D eigenvalue weighted by atomic mass is 15.0. The van der Waals surface area contributed by atoms with Crippen LogP contribution in [-0.4, -0.2) is 15.9 Å². The number of hydrogen-bond donors (Lipinski definition) is 1. The summed E-state index contributed by atoms with van der Waals surface area (Å²) < 4.78 is 1.95. The van der Waals surface area contributed by atoms with Crippen LogP contribution in [0.4, 0.5) is 0 Å². The van der Waals surface area contributed by atoms with Gasteiger partial charge in [-0.15, -0.1) is 0 Å². The summed E-state index contributed by atoms with van der Waals surface area (Å²) in [6, 6.07) is 6.04. The molecule has 2 aromatic heterocycles. The summed E-state index contributed by atoms with van der Waals surface area (Å²) in [4.78, 5) is 4.28. The first kappa shape index (κ1) is 9.69. The molecule has 4 nitrogen and oxygen atoms in total. The molecule has 15 heavy (non-hydrogen) atoms. The van der Waals surface area contributed by atoms with Gasteiger partial charge < -0.3 is 10.1 Å². The third-order valence-electron chi connectivity index (χ3n) is 2.41. The number of rotatable bonds is 2. The highest BCUT2D eigenvalue weighted by Gasteiger charge is 2.11. The number of hydrogen-bond acceptors (Lipinski definition) is 3. The monoisotopic (exact) mass is 200 g/mol. The van der Waals surface area contributed by atoms with Crippen LogP contribution in [0.25, 0.3) is 5.52 Å². The van der Waals surface area contributed by atoms with Gasteiger partial charge in [0.2, 0.25) is 0 Å². The lowest BCUT2D eigenvalue weighted by molar-refractivity contribution is 0.861. The maximum atomic E-state index is 8.98. The van der Waals surface area contributed by atoms with E-state index in [9.17, 15) is 0 Å². The second-order valence-corrected chi connectivity index (χ2v) is 3.44. The van der Waals surface area contributed by atoms with Crippen LogP contribution in [0.2, 0.25) is 0 Å². The molecule has 0 radical (unpaired) electrons. The Morgan fingerprint density at radius 3 is 3.07 bits per heavy atom. The van der Waals surface area contributed by atoms with Crippen molar-refractivity contribution in [2.24, 2.45) is 5.73 Å². The van der Waals surface area contributed by atoms with Crippen molar-refractivity contribution in [1.29, 1.82) is 5.26 Å². The molecule has 0 bridgehead atoms. The average Bonchev–Trinajstić information content (AvgIpc) is 2.59. The quantitative estimate of drug-likeness (QED) is 0.786. The van der Waals surface area contributed by atoms with Gasteiger partial charge in [-0.25, -0.2) is 4.98 Å². The van der Waals surface area contributed by atoms with Gasteiger partial charge in [0.25, 0.3) is 0 Å². The average molecular weight is 200 g/mol. The van der Waals surface area contributed by atoms with E-state index in [2.05, 4.69) is 11.1 Å². The van der Waals surface area contributed by atoms with E-state index in [1.165, 1.54) is 0 Å². The third kappa shape index (κ3) is 1.47. The number of nitrogens with two attached hydrogens (primary N) is 1. The van der Waals surface area contributed by atoms with E-state index in [0.717, 1.165) is 16.9 Å². The fourth-order valence-electron chi connectivity index (χ4n) is 1.75. The van der Waals surface area contributed by atoms with E-state index in [1.807, 2.05) is 29.7 Å². The molecule has 0 aliphatic heterocycles. The van der Waals surface area contributed by atoms with Crippen LogP contribution in [0.15, 0.2) is 18.3 Å². The zero-order chi connectivity index (χ0) is 10.8. The van der Waals surface area contributed by atoms with Gasteiger partial charge in [-0.05, 0) is 25.1 Å². The van der Waals surface area contributed by atoms with Crippen LogP contribution >= 0.6 is 0 Å². The van der Waals surface area contributed by atoms with Gasteiger partial charge in [0, 0.05) is 12.6 Å². The first-order chi connectivity index (χ1) is 7.27. The molecule has 0 aliphatic rings. The van der Waals surface area contributed by atoms with Crippen molar-refractivity contribution in [3.63, 3.8) is 0 Å². The maximum Gasteiger partial charge on any atom is 0.166 e. The van der Waals surface area contributed by atoms with Crippen LogP contribution in [0.5, 0.6) is 0 Å². The van der Waals surface area contributed by atoms with Crippen LogP contribution < -0.4 is 5.73 Å². The number of nitrogens with zero attached hydrogens (tertiary/aromatic N) is 3. The Labute approximate surface area is 88.0 Å². The zero-order valence-corrected chi connectivity index (χ0v) is 8.57. The Bertz CT molecular complexity index is 533. The molecule has 0 unspecified atom stereocenters. The summed E-state index contributed by atoms with van der Waals surface area (Å²) in [6.07, 6.45) is 2.60. The van der Waals surface area contributed by atoms with Crippen molar-refractivity contribution in [1.82, 2.24) is 9.38 Å². The van der Waals surface area contributed by atoms with Gasteiger partial charge >= 0.3 is 0 Å². The molecule has 2 heterocycles.